The molecule has 0 atom stereocenters. The van der Waals surface area contributed by atoms with Crippen molar-refractivity contribution in [3.8, 4) is 5.75 Å². The van der Waals surface area contributed by atoms with Gasteiger partial charge < -0.3 is 15.4 Å². The summed E-state index contributed by atoms with van der Waals surface area (Å²) in [5, 5.41) is 6.15. The minimum Gasteiger partial charge on any atom is -0.434 e. The van der Waals surface area contributed by atoms with Gasteiger partial charge in [-0.2, -0.15) is 8.78 Å². The predicted molar refractivity (Wildman–Crippen MR) is 87.0 cm³/mol. The van der Waals surface area contributed by atoms with E-state index < -0.39 is 6.61 Å². The first-order chi connectivity index (χ1) is 9.17. The minimum atomic E-state index is -2.82. The molecule has 0 saturated carbocycles. The first kappa shape index (κ1) is 18.9. The molecule has 20 heavy (non-hydrogen) atoms. The Labute approximate surface area is 135 Å². The lowest BCUT2D eigenvalue weighted by atomic mass is 10.2. The maximum atomic E-state index is 12.3. The number of alkyl halides is 2. The van der Waals surface area contributed by atoms with Crippen LogP contribution in [0.2, 0.25) is 0 Å². The second-order valence-electron chi connectivity index (χ2n) is 3.84. The van der Waals surface area contributed by atoms with E-state index in [4.69, 9.17) is 0 Å². The Hall–Kier alpha value is -1.12. The van der Waals surface area contributed by atoms with Gasteiger partial charge in [0.2, 0.25) is 0 Å². The zero-order valence-corrected chi connectivity index (χ0v) is 13.9. The molecular formula is C13H20F2IN3O. The molecule has 1 aromatic rings. The largest absolute Gasteiger partial charge is 0.434 e. The highest BCUT2D eigenvalue weighted by Crippen LogP contribution is 2.19. The zero-order valence-electron chi connectivity index (χ0n) is 11.5. The topological polar surface area (TPSA) is 45.7 Å². The Kier molecular flexibility index (Phi) is 10.0. The molecule has 114 valence electrons. The van der Waals surface area contributed by atoms with Crippen molar-refractivity contribution in [2.45, 2.75) is 26.5 Å². The molecule has 0 bridgehead atoms. The van der Waals surface area contributed by atoms with Crippen LogP contribution in [-0.4, -0.2) is 26.2 Å². The minimum absolute atomic E-state index is 0. The third-order valence-corrected chi connectivity index (χ3v) is 2.40. The van der Waals surface area contributed by atoms with Gasteiger partial charge in [0.1, 0.15) is 5.75 Å². The van der Waals surface area contributed by atoms with Gasteiger partial charge in [-0.3, -0.25) is 4.99 Å². The smallest absolute Gasteiger partial charge is 0.387 e. The van der Waals surface area contributed by atoms with Gasteiger partial charge in [-0.25, -0.2) is 0 Å². The number of nitrogens with zero attached hydrogens (tertiary/aromatic N) is 1. The maximum Gasteiger partial charge on any atom is 0.387 e. The van der Waals surface area contributed by atoms with Crippen LogP contribution in [-0.2, 0) is 6.54 Å². The quantitative estimate of drug-likeness (QED) is 0.439. The van der Waals surface area contributed by atoms with Crippen molar-refractivity contribution in [1.82, 2.24) is 10.6 Å². The molecule has 0 saturated heterocycles. The maximum absolute atomic E-state index is 12.3. The second-order valence-corrected chi connectivity index (χ2v) is 3.84. The molecule has 0 aromatic heterocycles. The molecule has 2 N–H and O–H groups in total. The first-order valence-corrected chi connectivity index (χ1v) is 6.14. The summed E-state index contributed by atoms with van der Waals surface area (Å²) in [7, 11) is 1.66. The van der Waals surface area contributed by atoms with Crippen molar-refractivity contribution >= 4 is 29.9 Å². The summed E-state index contributed by atoms with van der Waals surface area (Å²) in [6.07, 6.45) is 0.978. The van der Waals surface area contributed by atoms with Crippen molar-refractivity contribution < 1.29 is 13.5 Å². The van der Waals surface area contributed by atoms with E-state index in [0.29, 0.717) is 18.1 Å². The lowest BCUT2D eigenvalue weighted by Gasteiger charge is -2.14. The number of nitrogens with one attached hydrogen (secondary N) is 2. The third kappa shape index (κ3) is 6.88. The van der Waals surface area contributed by atoms with E-state index in [1.165, 1.54) is 6.07 Å². The van der Waals surface area contributed by atoms with Gasteiger partial charge >= 0.3 is 6.61 Å². The van der Waals surface area contributed by atoms with Gasteiger partial charge in [0.25, 0.3) is 0 Å². The number of guanidine groups is 1. The molecule has 0 amide bonds. The standard InChI is InChI=1S/C13H19F2N3O.HI/c1-3-8-17-13(16-2)18-9-10-6-4-5-7-11(10)19-12(14)15;/h4-7,12H,3,8-9H2,1-2H3,(H2,16,17,18);1H. The normalized spacial score (nSPS) is 10.9. The van der Waals surface area contributed by atoms with Gasteiger partial charge in [0, 0.05) is 25.7 Å². The van der Waals surface area contributed by atoms with Gasteiger partial charge in [0.05, 0.1) is 0 Å². The van der Waals surface area contributed by atoms with E-state index in [2.05, 4.69) is 20.4 Å². The van der Waals surface area contributed by atoms with Gasteiger partial charge in [-0.1, -0.05) is 25.1 Å². The molecule has 0 radical (unpaired) electrons. The number of aliphatic imine (C=N–C) groups is 1. The zero-order chi connectivity index (χ0) is 14.1. The Balaban J connectivity index is 0.00000361. The van der Waals surface area contributed by atoms with E-state index >= 15 is 0 Å². The average molecular weight is 399 g/mol. The van der Waals surface area contributed by atoms with Crippen LogP contribution >= 0.6 is 24.0 Å². The van der Waals surface area contributed by atoms with Crippen molar-refractivity contribution in [1.29, 1.82) is 0 Å². The summed E-state index contributed by atoms with van der Waals surface area (Å²) in [4.78, 5) is 4.04. The van der Waals surface area contributed by atoms with Crippen molar-refractivity contribution in [2.24, 2.45) is 4.99 Å². The molecular weight excluding hydrogens is 379 g/mol. The van der Waals surface area contributed by atoms with Crippen LogP contribution < -0.4 is 15.4 Å². The summed E-state index contributed by atoms with van der Waals surface area (Å²) in [5.41, 5.74) is 0.655. The molecule has 0 fully saturated rings. The van der Waals surface area contributed by atoms with E-state index in [0.717, 1.165) is 13.0 Å². The number of benzene rings is 1. The second kappa shape index (κ2) is 10.6. The lowest BCUT2D eigenvalue weighted by molar-refractivity contribution is -0.0504. The Bertz CT molecular complexity index is 416. The van der Waals surface area contributed by atoms with Crippen molar-refractivity contribution in [2.75, 3.05) is 13.6 Å². The van der Waals surface area contributed by atoms with Crippen LogP contribution in [0.3, 0.4) is 0 Å². The van der Waals surface area contributed by atoms with E-state index in [-0.39, 0.29) is 29.7 Å². The SMILES string of the molecule is CCCNC(=NC)NCc1ccccc1OC(F)F.I. The Morgan fingerprint density at radius 1 is 1.30 bits per heavy atom. The van der Waals surface area contributed by atoms with Crippen LogP contribution in [0.5, 0.6) is 5.75 Å². The third-order valence-electron chi connectivity index (χ3n) is 2.40. The Morgan fingerprint density at radius 3 is 2.60 bits per heavy atom. The lowest BCUT2D eigenvalue weighted by Crippen LogP contribution is -2.37. The highest BCUT2D eigenvalue weighted by atomic mass is 127. The fraction of sp³-hybridized carbons (Fsp3) is 0.462. The molecule has 0 unspecified atom stereocenters. The molecule has 4 nitrogen and oxygen atoms in total. The fourth-order valence-corrected chi connectivity index (χ4v) is 1.50. The van der Waals surface area contributed by atoms with Crippen LogP contribution in [0.4, 0.5) is 8.78 Å². The Morgan fingerprint density at radius 2 is 2.00 bits per heavy atom. The molecule has 0 heterocycles. The number of hydrogen-bond donors (Lipinski definition) is 2. The van der Waals surface area contributed by atoms with Gasteiger partial charge in [-0.05, 0) is 12.5 Å². The number of para-hydroxylation sites is 1. The molecule has 0 spiro atoms. The van der Waals surface area contributed by atoms with Crippen LogP contribution in [0.25, 0.3) is 0 Å². The van der Waals surface area contributed by atoms with E-state index in [1.807, 2.05) is 6.92 Å². The van der Waals surface area contributed by atoms with Crippen LogP contribution in [0, 0.1) is 0 Å². The highest BCUT2D eigenvalue weighted by Gasteiger charge is 2.09. The summed E-state index contributed by atoms with van der Waals surface area (Å²) in [5.74, 6) is 0.810. The predicted octanol–water partition coefficient (Wildman–Crippen LogP) is 2.98. The van der Waals surface area contributed by atoms with Crippen molar-refractivity contribution in [3.05, 3.63) is 29.8 Å². The van der Waals surface area contributed by atoms with E-state index in [9.17, 15) is 8.78 Å². The average Bonchev–Trinajstić information content (AvgIpc) is 2.40. The molecule has 1 aromatic carbocycles. The summed E-state index contributed by atoms with van der Waals surface area (Å²) < 4.78 is 29.0. The number of ether oxygens (including phenoxy) is 1. The monoisotopic (exact) mass is 399 g/mol. The fourth-order valence-electron chi connectivity index (χ4n) is 1.50. The summed E-state index contributed by atoms with van der Waals surface area (Å²) in [6, 6.07) is 6.69. The molecule has 7 heteroatoms. The number of hydrogen-bond acceptors (Lipinski definition) is 2. The van der Waals surface area contributed by atoms with Crippen molar-refractivity contribution in [3.63, 3.8) is 0 Å². The number of halogens is 3. The van der Waals surface area contributed by atoms with Gasteiger partial charge in [0.15, 0.2) is 5.96 Å². The molecule has 0 aliphatic carbocycles. The molecule has 1 rings (SSSR count). The molecule has 0 aliphatic rings. The highest BCUT2D eigenvalue weighted by molar-refractivity contribution is 14.0. The number of rotatable bonds is 6. The van der Waals surface area contributed by atoms with Crippen LogP contribution in [0.1, 0.15) is 18.9 Å². The first-order valence-electron chi connectivity index (χ1n) is 6.14. The van der Waals surface area contributed by atoms with Gasteiger partial charge in [-0.15, -0.1) is 24.0 Å². The molecule has 0 aliphatic heterocycles. The van der Waals surface area contributed by atoms with Crippen LogP contribution in [0.15, 0.2) is 29.3 Å². The summed E-state index contributed by atoms with van der Waals surface area (Å²) in [6.45, 7) is 0.395. The van der Waals surface area contributed by atoms with E-state index in [1.54, 1.807) is 25.2 Å². The summed E-state index contributed by atoms with van der Waals surface area (Å²) >= 11 is 0.